The number of nitriles is 2. The summed E-state index contributed by atoms with van der Waals surface area (Å²) >= 11 is 0. The zero-order valence-electron chi connectivity index (χ0n) is 9.10. The first-order chi connectivity index (χ1) is 8.12. The number of amides is 1. The molecule has 0 aliphatic heterocycles. The molecule has 0 aliphatic carbocycles. The van der Waals surface area contributed by atoms with Crippen molar-refractivity contribution in [3.8, 4) is 17.9 Å². The van der Waals surface area contributed by atoms with Crippen LogP contribution < -0.4 is 10.5 Å². The maximum Gasteiger partial charge on any atom is 0.259 e. The van der Waals surface area contributed by atoms with Gasteiger partial charge in [-0.3, -0.25) is 4.79 Å². The number of ether oxygens (including phenoxy) is 1. The highest BCUT2D eigenvalue weighted by atomic mass is 16.5. The largest absolute Gasteiger partial charge is 0.495 e. The van der Waals surface area contributed by atoms with Crippen molar-refractivity contribution in [2.45, 2.75) is 0 Å². The molecule has 1 aromatic carbocycles. The molecule has 0 radical (unpaired) electrons. The molecule has 1 rings (SSSR count). The van der Waals surface area contributed by atoms with Crippen LogP contribution in [0.3, 0.4) is 0 Å². The molecule has 5 nitrogen and oxygen atoms in total. The molecule has 0 bridgehead atoms. The van der Waals surface area contributed by atoms with Crippen molar-refractivity contribution < 1.29 is 9.53 Å². The maximum atomic E-state index is 10.9. The summed E-state index contributed by atoms with van der Waals surface area (Å²) in [6, 6.07) is 8.36. The Hall–Kier alpha value is -2.79. The van der Waals surface area contributed by atoms with Gasteiger partial charge in [0.15, 0.2) is 0 Å². The Balaban J connectivity index is 3.23. The minimum Gasteiger partial charge on any atom is -0.495 e. The molecule has 0 saturated carbocycles. The predicted octanol–water partition coefficient (Wildman–Crippen LogP) is 0.959. The van der Waals surface area contributed by atoms with E-state index in [2.05, 4.69) is 0 Å². The second-order valence-electron chi connectivity index (χ2n) is 3.11. The number of hydrogen-bond donors (Lipinski definition) is 1. The first-order valence-electron chi connectivity index (χ1n) is 4.62. The number of rotatable bonds is 3. The number of primary amides is 1. The predicted molar refractivity (Wildman–Crippen MR) is 60.5 cm³/mol. The van der Waals surface area contributed by atoms with E-state index in [-0.39, 0.29) is 5.57 Å². The number of nitrogens with two attached hydrogens (primary N) is 1. The van der Waals surface area contributed by atoms with Gasteiger partial charge in [-0.05, 0) is 23.8 Å². The molecule has 0 saturated heterocycles. The quantitative estimate of drug-likeness (QED) is 0.613. The van der Waals surface area contributed by atoms with Gasteiger partial charge in [-0.1, -0.05) is 6.07 Å². The maximum absolute atomic E-state index is 10.9. The van der Waals surface area contributed by atoms with Crippen molar-refractivity contribution in [2.75, 3.05) is 7.11 Å². The number of nitrogens with zero attached hydrogens (tertiary/aromatic N) is 2. The van der Waals surface area contributed by atoms with Gasteiger partial charge in [0.1, 0.15) is 23.5 Å². The molecular weight excluding hydrogens is 218 g/mol. The van der Waals surface area contributed by atoms with Crippen molar-refractivity contribution in [3.63, 3.8) is 0 Å². The lowest BCUT2D eigenvalue weighted by Crippen LogP contribution is -2.12. The highest BCUT2D eigenvalue weighted by molar-refractivity contribution is 6.00. The number of carbonyl (C=O) groups excluding carboxylic acids is 1. The Morgan fingerprint density at radius 1 is 1.47 bits per heavy atom. The van der Waals surface area contributed by atoms with E-state index < -0.39 is 5.91 Å². The molecule has 0 aliphatic rings. The molecule has 5 heteroatoms. The summed E-state index contributed by atoms with van der Waals surface area (Å²) in [5.41, 5.74) is 5.70. The van der Waals surface area contributed by atoms with Gasteiger partial charge in [-0.25, -0.2) is 0 Å². The van der Waals surface area contributed by atoms with E-state index in [0.717, 1.165) is 0 Å². The van der Waals surface area contributed by atoms with E-state index in [1.165, 1.54) is 19.3 Å². The van der Waals surface area contributed by atoms with Crippen LogP contribution in [0.2, 0.25) is 0 Å². The van der Waals surface area contributed by atoms with Gasteiger partial charge in [0.25, 0.3) is 5.91 Å². The minimum atomic E-state index is -0.804. The second kappa shape index (κ2) is 5.34. The third kappa shape index (κ3) is 2.83. The van der Waals surface area contributed by atoms with E-state index in [9.17, 15) is 4.79 Å². The van der Waals surface area contributed by atoms with Crippen LogP contribution in [0.4, 0.5) is 0 Å². The van der Waals surface area contributed by atoms with Crippen LogP contribution in [0.15, 0.2) is 23.8 Å². The van der Waals surface area contributed by atoms with Gasteiger partial charge in [-0.2, -0.15) is 10.5 Å². The van der Waals surface area contributed by atoms with Gasteiger partial charge < -0.3 is 10.5 Å². The molecule has 0 fully saturated rings. The third-order valence-corrected chi connectivity index (χ3v) is 2.04. The molecule has 0 heterocycles. The average molecular weight is 227 g/mol. The second-order valence-corrected chi connectivity index (χ2v) is 3.11. The average Bonchev–Trinajstić information content (AvgIpc) is 2.35. The Labute approximate surface area is 98.3 Å². The number of carbonyl (C=O) groups is 1. The monoisotopic (exact) mass is 227 g/mol. The van der Waals surface area contributed by atoms with Crippen LogP contribution in [0.5, 0.6) is 5.75 Å². The van der Waals surface area contributed by atoms with Gasteiger partial charge in [0.2, 0.25) is 0 Å². The summed E-state index contributed by atoms with van der Waals surface area (Å²) in [5.74, 6) is -0.371. The number of methoxy groups -OCH3 is 1. The molecule has 0 aromatic heterocycles. The van der Waals surface area contributed by atoms with E-state index in [4.69, 9.17) is 21.0 Å². The SMILES string of the molecule is COc1ccc(C=C(C#N)C(N)=O)cc1C#N. The van der Waals surface area contributed by atoms with Crippen LogP contribution in [0, 0.1) is 22.7 Å². The van der Waals surface area contributed by atoms with Crippen molar-refractivity contribution in [1.82, 2.24) is 0 Å². The van der Waals surface area contributed by atoms with Gasteiger partial charge in [0.05, 0.1) is 12.7 Å². The summed E-state index contributed by atoms with van der Waals surface area (Å²) in [5, 5.41) is 17.5. The van der Waals surface area contributed by atoms with E-state index in [1.807, 2.05) is 6.07 Å². The molecule has 17 heavy (non-hydrogen) atoms. The van der Waals surface area contributed by atoms with Crippen LogP contribution in [0.1, 0.15) is 11.1 Å². The summed E-state index contributed by atoms with van der Waals surface area (Å²) in [6.07, 6.45) is 1.32. The van der Waals surface area contributed by atoms with Gasteiger partial charge in [-0.15, -0.1) is 0 Å². The van der Waals surface area contributed by atoms with Crippen LogP contribution in [-0.4, -0.2) is 13.0 Å². The zero-order chi connectivity index (χ0) is 12.8. The van der Waals surface area contributed by atoms with E-state index in [1.54, 1.807) is 18.2 Å². The van der Waals surface area contributed by atoms with Crippen LogP contribution >= 0.6 is 0 Å². The highest BCUT2D eigenvalue weighted by Gasteiger charge is 2.06. The first-order valence-corrected chi connectivity index (χ1v) is 4.62. The summed E-state index contributed by atoms with van der Waals surface area (Å²) in [7, 11) is 1.45. The molecular formula is C12H9N3O2. The lowest BCUT2D eigenvalue weighted by atomic mass is 10.1. The van der Waals surface area contributed by atoms with E-state index in [0.29, 0.717) is 16.9 Å². The molecule has 1 amide bonds. The lowest BCUT2D eigenvalue weighted by molar-refractivity contribution is -0.114. The fourth-order valence-corrected chi connectivity index (χ4v) is 1.23. The van der Waals surface area contributed by atoms with Gasteiger partial charge in [0, 0.05) is 0 Å². The zero-order valence-corrected chi connectivity index (χ0v) is 9.10. The summed E-state index contributed by atoms with van der Waals surface area (Å²) in [4.78, 5) is 10.9. The first kappa shape index (κ1) is 12.3. The van der Waals surface area contributed by atoms with Crippen molar-refractivity contribution in [1.29, 1.82) is 10.5 Å². The topological polar surface area (TPSA) is 99.9 Å². The minimum absolute atomic E-state index is 0.168. The molecule has 84 valence electrons. The van der Waals surface area contributed by atoms with Crippen molar-refractivity contribution in [2.24, 2.45) is 5.73 Å². The Morgan fingerprint density at radius 2 is 2.18 bits per heavy atom. The highest BCUT2D eigenvalue weighted by Crippen LogP contribution is 2.20. The number of benzene rings is 1. The molecule has 2 N–H and O–H groups in total. The van der Waals surface area contributed by atoms with Crippen LogP contribution in [-0.2, 0) is 4.79 Å². The van der Waals surface area contributed by atoms with Crippen molar-refractivity contribution in [3.05, 3.63) is 34.9 Å². The molecule has 1 aromatic rings. The Morgan fingerprint density at radius 3 is 2.65 bits per heavy atom. The molecule has 0 unspecified atom stereocenters. The summed E-state index contributed by atoms with van der Waals surface area (Å²) < 4.78 is 4.97. The van der Waals surface area contributed by atoms with E-state index >= 15 is 0 Å². The lowest BCUT2D eigenvalue weighted by Gasteiger charge is -2.03. The fraction of sp³-hybridized carbons (Fsp3) is 0.0833. The smallest absolute Gasteiger partial charge is 0.259 e. The normalized spacial score (nSPS) is 10.2. The fourth-order valence-electron chi connectivity index (χ4n) is 1.23. The standard InChI is InChI=1S/C12H9N3O2/c1-17-11-3-2-8(4-9(11)6-13)5-10(7-14)12(15)16/h2-5H,1H3,(H2,15,16). The molecule has 0 spiro atoms. The van der Waals surface area contributed by atoms with Gasteiger partial charge >= 0.3 is 0 Å². The third-order valence-electron chi connectivity index (χ3n) is 2.04. The molecule has 0 atom stereocenters. The van der Waals surface area contributed by atoms with Crippen LogP contribution in [0.25, 0.3) is 6.08 Å². The van der Waals surface area contributed by atoms with Crippen molar-refractivity contribution >= 4 is 12.0 Å². The Kier molecular flexibility index (Phi) is 3.86. The Bertz CT molecular complexity index is 562. The number of hydrogen-bond acceptors (Lipinski definition) is 4. The summed E-state index contributed by atoms with van der Waals surface area (Å²) in [6.45, 7) is 0.